The normalized spacial score (nSPS) is 25.5. The van der Waals surface area contributed by atoms with Crippen molar-refractivity contribution in [3.05, 3.63) is 59.9 Å². The van der Waals surface area contributed by atoms with Crippen LogP contribution in [0.2, 0.25) is 0 Å². The molecule has 14 heavy (non-hydrogen) atoms. The second-order valence-corrected chi connectivity index (χ2v) is 3.44. The van der Waals surface area contributed by atoms with Gasteiger partial charge in [0.2, 0.25) is 0 Å². The van der Waals surface area contributed by atoms with Gasteiger partial charge in [-0.3, -0.25) is 0 Å². The van der Waals surface area contributed by atoms with Gasteiger partial charge in [-0.05, 0) is 37.0 Å². The Morgan fingerprint density at radius 2 is 2.14 bits per heavy atom. The van der Waals surface area contributed by atoms with E-state index in [4.69, 9.17) is 5.73 Å². The molecule has 1 nitrogen and oxygen atoms in total. The first-order valence-electron chi connectivity index (χ1n) is 4.86. The Morgan fingerprint density at radius 3 is 2.86 bits per heavy atom. The minimum atomic E-state index is 0.787. The monoisotopic (exact) mass is 187 g/mol. The summed E-state index contributed by atoms with van der Waals surface area (Å²) in [6.45, 7) is 5.85. The Kier molecular flexibility index (Phi) is 3.99. The summed E-state index contributed by atoms with van der Waals surface area (Å²) in [6.07, 6.45) is 14.7. The number of allylic oxidation sites excluding steroid dienone is 9. The Labute approximate surface area is 86.0 Å². The third kappa shape index (κ3) is 3.48. The van der Waals surface area contributed by atoms with Crippen molar-refractivity contribution >= 4 is 0 Å². The van der Waals surface area contributed by atoms with Crippen LogP contribution in [-0.2, 0) is 0 Å². The molecule has 0 aliphatic heterocycles. The molecule has 0 aromatic carbocycles. The molecule has 1 rings (SSSR count). The molecule has 0 unspecified atom stereocenters. The van der Waals surface area contributed by atoms with Gasteiger partial charge in [-0.15, -0.1) is 0 Å². The Morgan fingerprint density at radius 1 is 1.43 bits per heavy atom. The SMILES string of the molecule is C=C(/C=C(\C)N)C1=C/C=C\CC/C=C\1. The molecule has 0 amide bonds. The highest BCUT2D eigenvalue weighted by atomic mass is 14.5. The zero-order chi connectivity index (χ0) is 10.4. The third-order valence-electron chi connectivity index (χ3n) is 1.98. The second kappa shape index (κ2) is 5.28. The van der Waals surface area contributed by atoms with Gasteiger partial charge in [0.25, 0.3) is 0 Å². The molecule has 1 heteroatoms. The van der Waals surface area contributed by atoms with Crippen molar-refractivity contribution in [2.24, 2.45) is 5.73 Å². The van der Waals surface area contributed by atoms with E-state index in [2.05, 4.69) is 37.0 Å². The van der Waals surface area contributed by atoms with Crippen molar-refractivity contribution in [1.82, 2.24) is 0 Å². The molecule has 74 valence electrons. The van der Waals surface area contributed by atoms with E-state index >= 15 is 0 Å². The van der Waals surface area contributed by atoms with Crippen LogP contribution in [0, 0.1) is 0 Å². The molecule has 0 radical (unpaired) electrons. The van der Waals surface area contributed by atoms with Gasteiger partial charge < -0.3 is 5.73 Å². The van der Waals surface area contributed by atoms with E-state index in [1.165, 1.54) is 0 Å². The summed E-state index contributed by atoms with van der Waals surface area (Å²) in [6, 6.07) is 0. The van der Waals surface area contributed by atoms with Gasteiger partial charge in [0.1, 0.15) is 0 Å². The van der Waals surface area contributed by atoms with Crippen LogP contribution >= 0.6 is 0 Å². The zero-order valence-electron chi connectivity index (χ0n) is 8.66. The molecule has 0 saturated carbocycles. The molecule has 0 saturated heterocycles. The van der Waals surface area contributed by atoms with Crippen LogP contribution in [0.15, 0.2) is 59.9 Å². The number of hydrogen-bond acceptors (Lipinski definition) is 1. The molecular formula is C13H17N. The average Bonchev–Trinajstić information content (AvgIpc) is 2.00. The maximum atomic E-state index is 5.60. The molecule has 1 aliphatic carbocycles. The summed E-state index contributed by atoms with van der Waals surface area (Å²) in [5, 5.41) is 0. The lowest BCUT2D eigenvalue weighted by molar-refractivity contribution is 1.05. The standard InChI is InChI=1S/C13H17N/c1-11(10-12(2)14)13-8-6-4-3-5-7-9-13/h4,6-10H,1,3,5,14H2,2H3/b6-4-,9-7-,12-10+,13-8+. The maximum absolute atomic E-state index is 5.60. The molecule has 2 N–H and O–H groups in total. The molecule has 0 bridgehead atoms. The largest absolute Gasteiger partial charge is 0.402 e. The first-order chi connectivity index (χ1) is 6.70. The molecule has 0 aromatic heterocycles. The molecule has 0 atom stereocenters. The summed E-state index contributed by atoms with van der Waals surface area (Å²) in [5.74, 6) is 0. The minimum absolute atomic E-state index is 0.787. The van der Waals surface area contributed by atoms with E-state index in [0.717, 1.165) is 29.7 Å². The number of hydrogen-bond donors (Lipinski definition) is 1. The van der Waals surface area contributed by atoms with Gasteiger partial charge >= 0.3 is 0 Å². The molecule has 1 aliphatic rings. The summed E-state index contributed by atoms with van der Waals surface area (Å²) < 4.78 is 0. The molecular weight excluding hydrogens is 170 g/mol. The fourth-order valence-electron chi connectivity index (χ4n) is 1.30. The van der Waals surface area contributed by atoms with E-state index < -0.39 is 0 Å². The summed E-state index contributed by atoms with van der Waals surface area (Å²) >= 11 is 0. The van der Waals surface area contributed by atoms with Crippen LogP contribution < -0.4 is 5.73 Å². The minimum Gasteiger partial charge on any atom is -0.402 e. The van der Waals surface area contributed by atoms with Crippen LogP contribution in [0.3, 0.4) is 0 Å². The average molecular weight is 187 g/mol. The van der Waals surface area contributed by atoms with Gasteiger partial charge in [0.15, 0.2) is 0 Å². The van der Waals surface area contributed by atoms with Crippen LogP contribution in [-0.4, -0.2) is 0 Å². The smallest absolute Gasteiger partial charge is 0.00548 e. The van der Waals surface area contributed by atoms with E-state index in [0.29, 0.717) is 0 Å². The second-order valence-electron chi connectivity index (χ2n) is 3.44. The number of rotatable bonds is 2. The van der Waals surface area contributed by atoms with Crippen LogP contribution in [0.25, 0.3) is 0 Å². The van der Waals surface area contributed by atoms with Crippen molar-refractivity contribution < 1.29 is 0 Å². The molecule has 0 aromatic rings. The highest BCUT2D eigenvalue weighted by Gasteiger charge is 1.96. The fourth-order valence-corrected chi connectivity index (χ4v) is 1.30. The lowest BCUT2D eigenvalue weighted by Gasteiger charge is -2.03. The van der Waals surface area contributed by atoms with Crippen LogP contribution in [0.5, 0.6) is 0 Å². The van der Waals surface area contributed by atoms with Gasteiger partial charge in [0.05, 0.1) is 0 Å². The molecule has 0 fully saturated rings. The van der Waals surface area contributed by atoms with Crippen molar-refractivity contribution in [1.29, 1.82) is 0 Å². The highest BCUT2D eigenvalue weighted by molar-refractivity contribution is 5.47. The van der Waals surface area contributed by atoms with Gasteiger partial charge in [-0.25, -0.2) is 0 Å². The first-order valence-corrected chi connectivity index (χ1v) is 4.86. The van der Waals surface area contributed by atoms with Crippen LogP contribution in [0.1, 0.15) is 19.8 Å². The lowest BCUT2D eigenvalue weighted by atomic mass is 10.0. The summed E-state index contributed by atoms with van der Waals surface area (Å²) in [4.78, 5) is 0. The van der Waals surface area contributed by atoms with E-state index in [-0.39, 0.29) is 0 Å². The van der Waals surface area contributed by atoms with Gasteiger partial charge in [0, 0.05) is 5.70 Å². The highest BCUT2D eigenvalue weighted by Crippen LogP contribution is 2.14. The first kappa shape index (κ1) is 10.6. The predicted molar refractivity (Wildman–Crippen MR) is 62.7 cm³/mol. The Bertz CT molecular complexity index is 323. The Balaban J connectivity index is 2.84. The Hall–Kier alpha value is -1.50. The third-order valence-corrected chi connectivity index (χ3v) is 1.98. The maximum Gasteiger partial charge on any atom is 0.00548 e. The fraction of sp³-hybridized carbons (Fsp3) is 0.231. The number of nitrogens with two attached hydrogens (primary N) is 1. The summed E-state index contributed by atoms with van der Waals surface area (Å²) in [7, 11) is 0. The molecule has 0 spiro atoms. The predicted octanol–water partition coefficient (Wildman–Crippen LogP) is 3.24. The van der Waals surface area contributed by atoms with Gasteiger partial charge in [-0.1, -0.05) is 37.0 Å². The van der Waals surface area contributed by atoms with E-state index in [1.54, 1.807) is 0 Å². The lowest BCUT2D eigenvalue weighted by Crippen LogP contribution is -1.92. The summed E-state index contributed by atoms with van der Waals surface area (Å²) in [5.41, 5.74) is 8.48. The quantitative estimate of drug-likeness (QED) is 0.660. The van der Waals surface area contributed by atoms with E-state index in [1.807, 2.05) is 13.0 Å². The van der Waals surface area contributed by atoms with Crippen molar-refractivity contribution in [2.45, 2.75) is 19.8 Å². The van der Waals surface area contributed by atoms with Crippen LogP contribution in [0.4, 0.5) is 0 Å². The van der Waals surface area contributed by atoms with Crippen molar-refractivity contribution in [3.63, 3.8) is 0 Å². The van der Waals surface area contributed by atoms with Crippen molar-refractivity contribution in [2.75, 3.05) is 0 Å². The zero-order valence-corrected chi connectivity index (χ0v) is 8.66. The molecule has 0 heterocycles. The van der Waals surface area contributed by atoms with Crippen molar-refractivity contribution in [3.8, 4) is 0 Å². The van der Waals surface area contributed by atoms with E-state index in [9.17, 15) is 0 Å². The van der Waals surface area contributed by atoms with Gasteiger partial charge in [-0.2, -0.15) is 0 Å². The topological polar surface area (TPSA) is 26.0 Å².